The van der Waals surface area contributed by atoms with Crippen LogP contribution in [0.3, 0.4) is 0 Å². The lowest BCUT2D eigenvalue weighted by atomic mass is 10.2. The van der Waals surface area contributed by atoms with Crippen molar-refractivity contribution in [2.24, 2.45) is 0 Å². The number of carbonyl (C=O) groups excluding carboxylic acids is 2. The van der Waals surface area contributed by atoms with Gasteiger partial charge in [0.2, 0.25) is 5.89 Å². The molecule has 1 fully saturated rings. The summed E-state index contributed by atoms with van der Waals surface area (Å²) >= 11 is 0. The molecule has 0 aliphatic carbocycles. The van der Waals surface area contributed by atoms with E-state index in [1.54, 1.807) is 30.3 Å². The molecule has 0 saturated carbocycles. The quantitative estimate of drug-likeness (QED) is 0.419. The third kappa shape index (κ3) is 3.44. The molecule has 0 radical (unpaired) electrons. The standard InChI is InChI=1S/C20H15FN2O5/c1-20(2)27-18(24)14(19(25)28-20)10-22-13-6-7-16-15(9-13)23-17(26-16)11-4-3-5-12(21)8-11/h3-10,22H,1-2H3. The number of aromatic nitrogens is 1. The van der Waals surface area contributed by atoms with Crippen molar-refractivity contribution in [2.75, 3.05) is 5.32 Å². The second kappa shape index (κ2) is 6.49. The lowest BCUT2D eigenvalue weighted by Crippen LogP contribution is -2.42. The maximum Gasteiger partial charge on any atom is 0.350 e. The largest absolute Gasteiger partial charge is 0.436 e. The van der Waals surface area contributed by atoms with Crippen molar-refractivity contribution in [1.82, 2.24) is 4.98 Å². The third-order valence-corrected chi connectivity index (χ3v) is 3.96. The van der Waals surface area contributed by atoms with Crippen LogP contribution in [0, 0.1) is 5.82 Å². The predicted molar refractivity (Wildman–Crippen MR) is 97.4 cm³/mol. The SMILES string of the molecule is CC1(C)OC(=O)C(=CNc2ccc3oc(-c4cccc(F)c4)nc3c2)C(=O)O1. The summed E-state index contributed by atoms with van der Waals surface area (Å²) in [5.41, 5.74) is 1.86. The highest BCUT2D eigenvalue weighted by Gasteiger charge is 2.38. The van der Waals surface area contributed by atoms with Gasteiger partial charge in [-0.05, 0) is 36.4 Å². The fraction of sp³-hybridized carbons (Fsp3) is 0.150. The van der Waals surface area contributed by atoms with Crippen LogP contribution in [0.25, 0.3) is 22.6 Å². The highest BCUT2D eigenvalue weighted by molar-refractivity contribution is 6.15. The van der Waals surface area contributed by atoms with E-state index in [1.165, 1.54) is 32.2 Å². The van der Waals surface area contributed by atoms with E-state index < -0.39 is 17.7 Å². The lowest BCUT2D eigenvalue weighted by molar-refractivity contribution is -0.222. The molecule has 0 unspecified atom stereocenters. The molecule has 1 aromatic heterocycles. The van der Waals surface area contributed by atoms with Crippen LogP contribution in [-0.2, 0) is 19.1 Å². The fourth-order valence-corrected chi connectivity index (χ4v) is 2.70. The molecule has 7 nitrogen and oxygen atoms in total. The maximum atomic E-state index is 13.4. The number of carbonyl (C=O) groups is 2. The van der Waals surface area contributed by atoms with Crippen LogP contribution < -0.4 is 5.32 Å². The highest BCUT2D eigenvalue weighted by atomic mass is 19.1. The second-order valence-corrected chi connectivity index (χ2v) is 6.59. The van der Waals surface area contributed by atoms with E-state index in [9.17, 15) is 14.0 Å². The summed E-state index contributed by atoms with van der Waals surface area (Å²) in [6, 6.07) is 11.0. The number of ether oxygens (including phenoxy) is 2. The first kappa shape index (κ1) is 17.7. The molecule has 1 saturated heterocycles. The molecule has 0 spiro atoms. The molecule has 0 bridgehead atoms. The van der Waals surface area contributed by atoms with Crippen LogP contribution in [0.4, 0.5) is 10.1 Å². The number of halogens is 1. The number of cyclic esters (lactones) is 2. The van der Waals surface area contributed by atoms with Gasteiger partial charge in [-0.3, -0.25) is 0 Å². The summed E-state index contributed by atoms with van der Waals surface area (Å²) in [5, 5.41) is 2.85. The Balaban J connectivity index is 1.59. The predicted octanol–water partition coefficient (Wildman–Crippen LogP) is 3.77. The summed E-state index contributed by atoms with van der Waals surface area (Å²) in [4.78, 5) is 28.3. The Morgan fingerprint density at radius 2 is 1.82 bits per heavy atom. The number of nitrogens with one attached hydrogen (secondary N) is 1. The van der Waals surface area contributed by atoms with Gasteiger partial charge in [-0.25, -0.2) is 19.0 Å². The third-order valence-electron chi connectivity index (χ3n) is 3.96. The zero-order valence-corrected chi connectivity index (χ0v) is 15.0. The van der Waals surface area contributed by atoms with Crippen molar-refractivity contribution >= 4 is 28.7 Å². The van der Waals surface area contributed by atoms with E-state index >= 15 is 0 Å². The summed E-state index contributed by atoms with van der Waals surface area (Å²) in [6.07, 6.45) is 1.22. The van der Waals surface area contributed by atoms with Gasteiger partial charge in [0.15, 0.2) is 11.2 Å². The van der Waals surface area contributed by atoms with Crippen molar-refractivity contribution < 1.29 is 27.9 Å². The van der Waals surface area contributed by atoms with Gasteiger partial charge in [0.25, 0.3) is 5.79 Å². The summed E-state index contributed by atoms with van der Waals surface area (Å²) < 4.78 is 29.1. The molecule has 1 aliphatic rings. The van der Waals surface area contributed by atoms with Gasteiger partial charge in [-0.2, -0.15) is 0 Å². The summed E-state index contributed by atoms with van der Waals surface area (Å²) in [7, 11) is 0. The average Bonchev–Trinajstić information content (AvgIpc) is 3.03. The van der Waals surface area contributed by atoms with Crippen molar-refractivity contribution in [3.05, 3.63) is 60.1 Å². The minimum Gasteiger partial charge on any atom is -0.436 e. The van der Waals surface area contributed by atoms with Crippen LogP contribution in [0.2, 0.25) is 0 Å². The molecule has 2 heterocycles. The number of anilines is 1. The van der Waals surface area contributed by atoms with Crippen LogP contribution in [0.5, 0.6) is 0 Å². The lowest BCUT2D eigenvalue weighted by Gasteiger charge is -2.29. The van der Waals surface area contributed by atoms with Gasteiger partial charge in [0.1, 0.15) is 11.3 Å². The molecule has 2 aromatic carbocycles. The molecule has 142 valence electrons. The number of esters is 2. The van der Waals surface area contributed by atoms with Gasteiger partial charge in [-0.1, -0.05) is 6.07 Å². The Labute approximate surface area is 158 Å². The van der Waals surface area contributed by atoms with Crippen molar-refractivity contribution in [2.45, 2.75) is 19.6 Å². The molecule has 0 amide bonds. The van der Waals surface area contributed by atoms with Crippen molar-refractivity contribution in [1.29, 1.82) is 0 Å². The Bertz CT molecular complexity index is 1110. The Kier molecular flexibility index (Phi) is 4.11. The van der Waals surface area contributed by atoms with Crippen molar-refractivity contribution in [3.63, 3.8) is 0 Å². The first-order chi connectivity index (χ1) is 13.3. The molecule has 0 atom stereocenters. The van der Waals surface area contributed by atoms with E-state index in [2.05, 4.69) is 10.3 Å². The van der Waals surface area contributed by atoms with E-state index in [1.807, 2.05) is 0 Å². The van der Waals surface area contributed by atoms with Gasteiger partial charge in [0, 0.05) is 31.3 Å². The van der Waals surface area contributed by atoms with Gasteiger partial charge in [0.05, 0.1) is 0 Å². The first-order valence-electron chi connectivity index (χ1n) is 8.41. The summed E-state index contributed by atoms with van der Waals surface area (Å²) in [5.74, 6) is -2.94. The normalized spacial score (nSPS) is 15.9. The first-order valence-corrected chi connectivity index (χ1v) is 8.41. The molecular formula is C20H15FN2O5. The topological polar surface area (TPSA) is 90.7 Å². The van der Waals surface area contributed by atoms with E-state index in [4.69, 9.17) is 13.9 Å². The molecule has 4 rings (SSSR count). The van der Waals surface area contributed by atoms with E-state index in [0.717, 1.165) is 0 Å². The zero-order chi connectivity index (χ0) is 19.9. The molecular weight excluding hydrogens is 367 g/mol. The number of rotatable bonds is 3. The van der Waals surface area contributed by atoms with E-state index in [0.29, 0.717) is 22.4 Å². The van der Waals surface area contributed by atoms with Crippen LogP contribution in [0.1, 0.15) is 13.8 Å². The van der Waals surface area contributed by atoms with Gasteiger partial charge >= 0.3 is 11.9 Å². The van der Waals surface area contributed by atoms with Crippen LogP contribution in [0.15, 0.2) is 58.7 Å². The minimum absolute atomic E-state index is 0.250. The Hall–Kier alpha value is -3.68. The summed E-state index contributed by atoms with van der Waals surface area (Å²) in [6.45, 7) is 2.95. The smallest absolute Gasteiger partial charge is 0.350 e. The minimum atomic E-state index is -1.29. The number of hydrogen-bond acceptors (Lipinski definition) is 7. The molecule has 1 aliphatic heterocycles. The number of hydrogen-bond donors (Lipinski definition) is 1. The Morgan fingerprint density at radius 3 is 2.54 bits per heavy atom. The van der Waals surface area contributed by atoms with Gasteiger partial charge in [-0.15, -0.1) is 0 Å². The monoisotopic (exact) mass is 382 g/mol. The second-order valence-electron chi connectivity index (χ2n) is 6.59. The zero-order valence-electron chi connectivity index (χ0n) is 15.0. The molecule has 28 heavy (non-hydrogen) atoms. The maximum absolute atomic E-state index is 13.4. The van der Waals surface area contributed by atoms with Crippen LogP contribution >= 0.6 is 0 Å². The highest BCUT2D eigenvalue weighted by Crippen LogP contribution is 2.27. The number of benzene rings is 2. The molecule has 3 aromatic rings. The number of oxazole rings is 1. The van der Waals surface area contributed by atoms with E-state index in [-0.39, 0.29) is 17.3 Å². The average molecular weight is 382 g/mol. The van der Waals surface area contributed by atoms with Crippen molar-refractivity contribution in [3.8, 4) is 11.5 Å². The fourth-order valence-electron chi connectivity index (χ4n) is 2.70. The molecule has 8 heteroatoms. The Morgan fingerprint density at radius 1 is 1.07 bits per heavy atom. The van der Waals surface area contributed by atoms with Gasteiger partial charge < -0.3 is 19.2 Å². The molecule has 1 N–H and O–H groups in total. The number of nitrogens with zero attached hydrogens (tertiary/aromatic N) is 1. The number of fused-ring (bicyclic) bond motifs is 1. The van der Waals surface area contributed by atoms with Crippen LogP contribution in [-0.4, -0.2) is 22.7 Å².